The van der Waals surface area contributed by atoms with E-state index in [9.17, 15) is 0 Å². The third-order valence-electron chi connectivity index (χ3n) is 1.45. The topological polar surface area (TPSA) is 49.9 Å². The Labute approximate surface area is 73.3 Å². The number of nitrogens with one attached hydrogen (secondary N) is 1. The summed E-state index contributed by atoms with van der Waals surface area (Å²) in [7, 11) is 0. The lowest BCUT2D eigenvalue weighted by Crippen LogP contribution is -2.01. The fourth-order valence-electron chi connectivity index (χ4n) is 0.801. The van der Waals surface area contributed by atoms with Crippen molar-refractivity contribution in [2.24, 2.45) is 5.73 Å². The fourth-order valence-corrected chi connectivity index (χ4v) is 0.801. The van der Waals surface area contributed by atoms with E-state index in [0.717, 1.165) is 11.1 Å². The van der Waals surface area contributed by atoms with Crippen molar-refractivity contribution < 1.29 is 0 Å². The summed E-state index contributed by atoms with van der Waals surface area (Å²) >= 11 is 0. The summed E-state index contributed by atoms with van der Waals surface area (Å²) in [4.78, 5) is 0. The van der Waals surface area contributed by atoms with Gasteiger partial charge in [-0.25, -0.2) is 0 Å². The SMILES string of the molecule is C=C/C=C(N)\C(C=C)=C(/C)C=N. The first-order valence-corrected chi connectivity index (χ1v) is 3.59. The highest BCUT2D eigenvalue weighted by Gasteiger charge is 1.97. The minimum atomic E-state index is 0.584. The van der Waals surface area contributed by atoms with Gasteiger partial charge < -0.3 is 11.1 Å². The number of allylic oxidation sites excluding steroid dienone is 4. The maximum Gasteiger partial charge on any atom is 0.0390 e. The van der Waals surface area contributed by atoms with Crippen LogP contribution in [0.4, 0.5) is 0 Å². The normalized spacial score (nSPS) is 13.2. The molecule has 0 aliphatic rings. The Morgan fingerprint density at radius 1 is 1.42 bits per heavy atom. The second-order valence-electron chi connectivity index (χ2n) is 2.30. The van der Waals surface area contributed by atoms with E-state index in [0.29, 0.717) is 5.70 Å². The first-order valence-electron chi connectivity index (χ1n) is 3.59. The predicted octanol–water partition coefficient (Wildman–Crippen LogP) is 2.17. The van der Waals surface area contributed by atoms with Crippen molar-refractivity contribution in [2.75, 3.05) is 0 Å². The summed E-state index contributed by atoms with van der Waals surface area (Å²) in [5, 5.41) is 7.03. The van der Waals surface area contributed by atoms with Crippen LogP contribution in [0.1, 0.15) is 6.92 Å². The van der Waals surface area contributed by atoms with Crippen LogP contribution >= 0.6 is 0 Å². The van der Waals surface area contributed by atoms with Crippen LogP contribution in [0, 0.1) is 5.41 Å². The molecule has 0 aromatic rings. The molecule has 0 aliphatic carbocycles. The summed E-state index contributed by atoms with van der Waals surface area (Å²) in [5.41, 5.74) is 7.83. The molecule has 0 aromatic heterocycles. The average molecular weight is 162 g/mol. The van der Waals surface area contributed by atoms with Gasteiger partial charge in [0.1, 0.15) is 0 Å². The number of hydrogen-bond donors (Lipinski definition) is 2. The number of hydrogen-bond acceptors (Lipinski definition) is 2. The third-order valence-corrected chi connectivity index (χ3v) is 1.45. The van der Waals surface area contributed by atoms with Crippen molar-refractivity contribution in [3.8, 4) is 0 Å². The van der Waals surface area contributed by atoms with E-state index >= 15 is 0 Å². The zero-order valence-corrected chi connectivity index (χ0v) is 7.30. The van der Waals surface area contributed by atoms with Crippen molar-refractivity contribution in [1.82, 2.24) is 0 Å². The monoisotopic (exact) mass is 162 g/mol. The van der Waals surface area contributed by atoms with E-state index in [1.807, 2.05) is 6.92 Å². The number of rotatable bonds is 4. The van der Waals surface area contributed by atoms with Gasteiger partial charge in [0.2, 0.25) is 0 Å². The molecule has 0 aromatic carbocycles. The summed E-state index contributed by atoms with van der Waals surface area (Å²) in [6.07, 6.45) is 6.18. The van der Waals surface area contributed by atoms with Crippen molar-refractivity contribution in [3.05, 3.63) is 48.2 Å². The van der Waals surface area contributed by atoms with Crippen molar-refractivity contribution in [2.45, 2.75) is 6.92 Å². The highest BCUT2D eigenvalue weighted by atomic mass is 14.6. The van der Waals surface area contributed by atoms with E-state index in [1.54, 1.807) is 18.2 Å². The highest BCUT2D eigenvalue weighted by Crippen LogP contribution is 2.09. The molecule has 0 amide bonds. The molecule has 0 atom stereocenters. The van der Waals surface area contributed by atoms with E-state index in [1.165, 1.54) is 6.21 Å². The molecule has 0 unspecified atom stereocenters. The summed E-state index contributed by atoms with van der Waals surface area (Å²) in [5.74, 6) is 0. The lowest BCUT2D eigenvalue weighted by molar-refractivity contribution is 1.31. The molecule has 0 aliphatic heterocycles. The lowest BCUT2D eigenvalue weighted by atomic mass is 10.1. The molecule has 3 N–H and O–H groups in total. The molecule has 0 fully saturated rings. The first kappa shape index (κ1) is 10.4. The van der Waals surface area contributed by atoms with Crippen molar-refractivity contribution >= 4 is 6.21 Å². The summed E-state index contributed by atoms with van der Waals surface area (Å²) in [6.45, 7) is 8.96. The molecular formula is C10H14N2. The third kappa shape index (κ3) is 2.58. The molecule has 2 heteroatoms. The van der Waals surface area contributed by atoms with Gasteiger partial charge in [-0.2, -0.15) is 0 Å². The van der Waals surface area contributed by atoms with Crippen LogP contribution in [0.3, 0.4) is 0 Å². The molecule has 2 nitrogen and oxygen atoms in total. The molecule has 12 heavy (non-hydrogen) atoms. The van der Waals surface area contributed by atoms with E-state index in [2.05, 4.69) is 13.2 Å². The Morgan fingerprint density at radius 3 is 2.33 bits per heavy atom. The van der Waals surface area contributed by atoms with Crippen molar-refractivity contribution in [1.29, 1.82) is 5.41 Å². The van der Waals surface area contributed by atoms with Gasteiger partial charge in [-0.05, 0) is 18.6 Å². The van der Waals surface area contributed by atoms with E-state index in [4.69, 9.17) is 11.1 Å². The lowest BCUT2D eigenvalue weighted by Gasteiger charge is -2.03. The minimum absolute atomic E-state index is 0.584. The molecule has 0 spiro atoms. The zero-order chi connectivity index (χ0) is 9.56. The van der Waals surface area contributed by atoms with Crippen LogP contribution in [-0.4, -0.2) is 6.21 Å². The largest absolute Gasteiger partial charge is 0.398 e. The second kappa shape index (κ2) is 5.13. The maximum absolute atomic E-state index is 7.03. The molecule has 0 rings (SSSR count). The fraction of sp³-hybridized carbons (Fsp3) is 0.100. The van der Waals surface area contributed by atoms with Crippen LogP contribution in [0.25, 0.3) is 0 Å². The van der Waals surface area contributed by atoms with E-state index < -0.39 is 0 Å². The number of nitrogens with two attached hydrogens (primary N) is 1. The Hall–Kier alpha value is -1.57. The first-order chi connectivity index (χ1) is 5.67. The quantitative estimate of drug-likeness (QED) is 0.483. The van der Waals surface area contributed by atoms with Gasteiger partial charge in [-0.1, -0.05) is 25.3 Å². The standard InChI is InChI=1S/C10H14N2/c1-4-6-10(12)9(5-2)8(3)7-11/h4-7,11H,1-2,12H2,3H3/b9-8+,10-6+,11-7?. The molecule has 0 bridgehead atoms. The van der Waals surface area contributed by atoms with Gasteiger partial charge >= 0.3 is 0 Å². The predicted molar refractivity (Wildman–Crippen MR) is 54.1 cm³/mol. The maximum atomic E-state index is 7.03. The van der Waals surface area contributed by atoms with Crippen LogP contribution in [0.5, 0.6) is 0 Å². The molecular weight excluding hydrogens is 148 g/mol. The van der Waals surface area contributed by atoms with Crippen LogP contribution in [-0.2, 0) is 0 Å². The second-order valence-corrected chi connectivity index (χ2v) is 2.30. The average Bonchev–Trinajstić information content (AvgIpc) is 2.06. The van der Waals surface area contributed by atoms with Crippen molar-refractivity contribution in [3.63, 3.8) is 0 Å². The smallest absolute Gasteiger partial charge is 0.0390 e. The Kier molecular flexibility index (Phi) is 4.46. The van der Waals surface area contributed by atoms with Gasteiger partial charge in [-0.3, -0.25) is 0 Å². The van der Waals surface area contributed by atoms with E-state index in [-0.39, 0.29) is 0 Å². The Bertz CT molecular complexity index is 257. The van der Waals surface area contributed by atoms with Crippen LogP contribution in [0.2, 0.25) is 0 Å². The Morgan fingerprint density at radius 2 is 2.00 bits per heavy atom. The summed E-state index contributed by atoms with van der Waals surface area (Å²) < 4.78 is 0. The zero-order valence-electron chi connectivity index (χ0n) is 7.30. The van der Waals surface area contributed by atoms with Gasteiger partial charge in [0.25, 0.3) is 0 Å². The molecule has 0 saturated heterocycles. The van der Waals surface area contributed by atoms with Gasteiger partial charge in [0.15, 0.2) is 0 Å². The highest BCUT2D eigenvalue weighted by molar-refractivity contribution is 5.78. The van der Waals surface area contributed by atoms with Gasteiger partial charge in [0.05, 0.1) is 0 Å². The van der Waals surface area contributed by atoms with Gasteiger partial charge in [0, 0.05) is 17.5 Å². The van der Waals surface area contributed by atoms with Crippen LogP contribution < -0.4 is 5.73 Å². The Balaban J connectivity index is 5.03. The molecule has 0 heterocycles. The van der Waals surface area contributed by atoms with Crippen LogP contribution in [0.15, 0.2) is 48.2 Å². The molecule has 64 valence electrons. The summed E-state index contributed by atoms with van der Waals surface area (Å²) in [6, 6.07) is 0. The molecule has 0 radical (unpaired) electrons. The molecule has 0 saturated carbocycles. The van der Waals surface area contributed by atoms with Gasteiger partial charge in [-0.15, -0.1) is 0 Å². The minimum Gasteiger partial charge on any atom is -0.398 e.